The fourth-order valence-electron chi connectivity index (χ4n) is 2.47. The van der Waals surface area contributed by atoms with Gasteiger partial charge in [-0.1, -0.05) is 18.2 Å². The van der Waals surface area contributed by atoms with E-state index >= 15 is 0 Å². The number of rotatable bonds is 4. The zero-order valence-corrected chi connectivity index (χ0v) is 10.7. The highest BCUT2D eigenvalue weighted by Gasteiger charge is 2.25. The summed E-state index contributed by atoms with van der Waals surface area (Å²) in [6.07, 6.45) is 1.29. The number of nitrogens with one attached hydrogen (secondary N) is 1. The average molecular weight is 248 g/mol. The molecule has 0 aromatic heterocycles. The van der Waals surface area contributed by atoms with Crippen LogP contribution in [-0.4, -0.2) is 41.6 Å². The summed E-state index contributed by atoms with van der Waals surface area (Å²) in [5, 5.41) is 13.0. The third-order valence-electron chi connectivity index (χ3n) is 3.47. The lowest BCUT2D eigenvalue weighted by Crippen LogP contribution is -2.42. The molecule has 0 bridgehead atoms. The second-order valence-corrected chi connectivity index (χ2v) is 4.63. The van der Waals surface area contributed by atoms with E-state index in [0.717, 1.165) is 26.1 Å². The van der Waals surface area contributed by atoms with Crippen molar-refractivity contribution in [1.82, 2.24) is 10.2 Å². The van der Waals surface area contributed by atoms with E-state index in [1.54, 1.807) is 18.2 Å². The Morgan fingerprint density at radius 1 is 1.50 bits per heavy atom. The number of hydrogen-bond donors (Lipinski definition) is 2. The molecule has 4 heteroatoms. The number of phenolic OH excluding ortho intramolecular Hbond substituents is 1. The first-order valence-electron chi connectivity index (χ1n) is 6.49. The van der Waals surface area contributed by atoms with Crippen LogP contribution in [0.1, 0.15) is 18.9 Å². The van der Waals surface area contributed by atoms with Gasteiger partial charge in [0.2, 0.25) is 5.91 Å². The quantitative estimate of drug-likeness (QED) is 0.840. The van der Waals surface area contributed by atoms with Crippen LogP contribution in [0.5, 0.6) is 5.75 Å². The molecule has 0 saturated carbocycles. The first kappa shape index (κ1) is 12.9. The van der Waals surface area contributed by atoms with Gasteiger partial charge in [-0.05, 0) is 26.0 Å². The van der Waals surface area contributed by atoms with Crippen LogP contribution in [0, 0.1) is 0 Å². The van der Waals surface area contributed by atoms with Crippen molar-refractivity contribution in [3.05, 3.63) is 29.8 Å². The normalized spacial score (nSPS) is 18.8. The van der Waals surface area contributed by atoms with E-state index in [4.69, 9.17) is 0 Å². The second-order valence-electron chi connectivity index (χ2n) is 4.63. The molecule has 1 aromatic carbocycles. The highest BCUT2D eigenvalue weighted by molar-refractivity contribution is 5.79. The molecule has 1 atom stereocenters. The Hall–Kier alpha value is -1.55. The first-order chi connectivity index (χ1) is 8.72. The number of benzene rings is 1. The van der Waals surface area contributed by atoms with Crippen LogP contribution < -0.4 is 5.32 Å². The molecule has 0 spiro atoms. The average Bonchev–Trinajstić information content (AvgIpc) is 2.87. The van der Waals surface area contributed by atoms with Gasteiger partial charge in [-0.25, -0.2) is 0 Å². The Balaban J connectivity index is 2.03. The number of phenols is 1. The van der Waals surface area contributed by atoms with E-state index in [1.807, 2.05) is 17.9 Å². The summed E-state index contributed by atoms with van der Waals surface area (Å²) < 4.78 is 0. The molecular weight excluding hydrogens is 228 g/mol. The maximum atomic E-state index is 12.3. The monoisotopic (exact) mass is 248 g/mol. The zero-order chi connectivity index (χ0) is 13.0. The maximum Gasteiger partial charge on any atom is 0.227 e. The number of carbonyl (C=O) groups is 1. The zero-order valence-electron chi connectivity index (χ0n) is 10.7. The van der Waals surface area contributed by atoms with Crippen molar-refractivity contribution in [2.24, 2.45) is 0 Å². The highest BCUT2D eigenvalue weighted by atomic mass is 16.3. The number of aromatic hydroxyl groups is 1. The Labute approximate surface area is 108 Å². The summed E-state index contributed by atoms with van der Waals surface area (Å²) in [6, 6.07) is 7.33. The smallest absolute Gasteiger partial charge is 0.227 e. The van der Waals surface area contributed by atoms with Crippen LogP contribution in [-0.2, 0) is 11.2 Å². The molecule has 1 aromatic rings. The predicted molar refractivity (Wildman–Crippen MR) is 70.5 cm³/mol. The van der Waals surface area contributed by atoms with E-state index in [9.17, 15) is 9.90 Å². The van der Waals surface area contributed by atoms with Gasteiger partial charge in [-0.15, -0.1) is 0 Å². The van der Waals surface area contributed by atoms with Crippen LogP contribution in [0.4, 0.5) is 0 Å². The molecule has 1 heterocycles. The van der Waals surface area contributed by atoms with Crippen LogP contribution in [0.3, 0.4) is 0 Å². The standard InChI is InChI=1S/C14H20N2O2/c1-2-16(12-7-8-15-10-12)14(18)9-11-5-3-4-6-13(11)17/h3-6,12,15,17H,2,7-10H2,1H3. The molecule has 1 amide bonds. The van der Waals surface area contributed by atoms with Gasteiger partial charge in [0, 0.05) is 24.7 Å². The van der Waals surface area contributed by atoms with E-state index in [2.05, 4.69) is 5.32 Å². The number of carbonyl (C=O) groups excluding carboxylic acids is 1. The molecule has 2 N–H and O–H groups in total. The summed E-state index contributed by atoms with van der Waals surface area (Å²) >= 11 is 0. The number of hydrogen-bond acceptors (Lipinski definition) is 3. The molecule has 1 saturated heterocycles. The van der Waals surface area contributed by atoms with Crippen molar-refractivity contribution in [2.45, 2.75) is 25.8 Å². The van der Waals surface area contributed by atoms with Crippen LogP contribution in [0.25, 0.3) is 0 Å². The molecule has 4 nitrogen and oxygen atoms in total. The largest absolute Gasteiger partial charge is 0.508 e. The van der Waals surface area contributed by atoms with Gasteiger partial charge in [-0.3, -0.25) is 4.79 Å². The minimum atomic E-state index is 0.0905. The van der Waals surface area contributed by atoms with Crippen molar-refractivity contribution in [1.29, 1.82) is 0 Å². The minimum absolute atomic E-state index is 0.0905. The summed E-state index contributed by atoms with van der Waals surface area (Å²) in [4.78, 5) is 14.2. The second kappa shape index (κ2) is 5.87. The highest BCUT2D eigenvalue weighted by Crippen LogP contribution is 2.18. The molecular formula is C14H20N2O2. The lowest BCUT2D eigenvalue weighted by molar-refractivity contribution is -0.132. The van der Waals surface area contributed by atoms with Crippen molar-refractivity contribution in [3.63, 3.8) is 0 Å². The topological polar surface area (TPSA) is 52.6 Å². The molecule has 2 rings (SSSR count). The van der Waals surface area contributed by atoms with Gasteiger partial charge < -0.3 is 15.3 Å². The van der Waals surface area contributed by atoms with E-state index in [0.29, 0.717) is 11.6 Å². The van der Waals surface area contributed by atoms with Gasteiger partial charge in [0.15, 0.2) is 0 Å². The van der Waals surface area contributed by atoms with E-state index in [1.165, 1.54) is 0 Å². The SMILES string of the molecule is CCN(C(=O)Cc1ccccc1O)C1CCNC1. The van der Waals surface area contributed by atoms with E-state index < -0.39 is 0 Å². The molecule has 1 unspecified atom stereocenters. The van der Waals surface area contributed by atoms with Crippen molar-refractivity contribution < 1.29 is 9.90 Å². The third-order valence-corrected chi connectivity index (χ3v) is 3.47. The minimum Gasteiger partial charge on any atom is -0.508 e. The van der Waals surface area contributed by atoms with Crippen LogP contribution >= 0.6 is 0 Å². The molecule has 1 aliphatic heterocycles. The van der Waals surface area contributed by atoms with Gasteiger partial charge in [0.25, 0.3) is 0 Å². The Morgan fingerprint density at radius 3 is 2.89 bits per heavy atom. The molecule has 1 fully saturated rings. The van der Waals surface area contributed by atoms with Gasteiger partial charge in [0.05, 0.1) is 6.42 Å². The van der Waals surface area contributed by atoms with Gasteiger partial charge in [0.1, 0.15) is 5.75 Å². The third kappa shape index (κ3) is 2.82. The first-order valence-corrected chi connectivity index (χ1v) is 6.49. The number of para-hydroxylation sites is 1. The van der Waals surface area contributed by atoms with Crippen LogP contribution in [0.2, 0.25) is 0 Å². The van der Waals surface area contributed by atoms with Crippen LogP contribution in [0.15, 0.2) is 24.3 Å². The lowest BCUT2D eigenvalue weighted by Gasteiger charge is -2.27. The number of likely N-dealkylation sites (N-methyl/N-ethyl adjacent to an activating group) is 1. The fourth-order valence-corrected chi connectivity index (χ4v) is 2.47. The molecule has 0 aliphatic carbocycles. The predicted octanol–water partition coefficient (Wildman–Crippen LogP) is 1.15. The number of amides is 1. The summed E-state index contributed by atoms with van der Waals surface area (Å²) in [5.74, 6) is 0.291. The van der Waals surface area contributed by atoms with Gasteiger partial charge >= 0.3 is 0 Å². The summed E-state index contributed by atoms with van der Waals surface area (Å²) in [6.45, 7) is 4.57. The Bertz CT molecular complexity index is 414. The van der Waals surface area contributed by atoms with Gasteiger partial charge in [-0.2, -0.15) is 0 Å². The van der Waals surface area contributed by atoms with E-state index in [-0.39, 0.29) is 18.1 Å². The van der Waals surface area contributed by atoms with Crippen molar-refractivity contribution in [2.75, 3.05) is 19.6 Å². The molecule has 0 radical (unpaired) electrons. The van der Waals surface area contributed by atoms with Crippen molar-refractivity contribution >= 4 is 5.91 Å². The summed E-state index contributed by atoms with van der Waals surface area (Å²) in [5.41, 5.74) is 0.701. The number of nitrogens with zero attached hydrogens (tertiary/aromatic N) is 1. The lowest BCUT2D eigenvalue weighted by atomic mass is 10.1. The fraction of sp³-hybridized carbons (Fsp3) is 0.500. The summed E-state index contributed by atoms with van der Waals surface area (Å²) in [7, 11) is 0. The van der Waals surface area contributed by atoms with Crippen molar-refractivity contribution in [3.8, 4) is 5.75 Å². The molecule has 1 aliphatic rings. The molecule has 18 heavy (non-hydrogen) atoms. The maximum absolute atomic E-state index is 12.3. The Kier molecular flexibility index (Phi) is 4.20. The molecule has 98 valence electrons. The Morgan fingerprint density at radius 2 is 2.28 bits per heavy atom.